The first-order chi connectivity index (χ1) is 16.3. The van der Waals surface area contributed by atoms with E-state index in [2.05, 4.69) is 0 Å². The summed E-state index contributed by atoms with van der Waals surface area (Å²) < 4.78 is 12.0. The second kappa shape index (κ2) is 8.14. The molecule has 5 rings (SSSR count). The molecule has 1 fully saturated rings. The second-order valence-corrected chi connectivity index (χ2v) is 9.28. The third-order valence-corrected chi connectivity index (χ3v) is 6.84. The standard InChI is InChI=1S/C26H22N2O5S/c1-13-10-14(2)21-19(11-13)34-26(27-21)28-22(18-9-8-15(3)33-18)20(24(30)25(28)31)23(29)16-6-5-7-17(12-16)32-4/h5-12,22,29H,1-4H3/t22-/m1/s1. The summed E-state index contributed by atoms with van der Waals surface area (Å²) in [7, 11) is 1.51. The molecule has 0 unspecified atom stereocenters. The zero-order valence-corrected chi connectivity index (χ0v) is 19.9. The molecule has 2 aromatic carbocycles. The number of carbonyl (C=O) groups is 2. The first kappa shape index (κ1) is 21.9. The number of carbonyl (C=O) groups excluding carboxylic acids is 2. The van der Waals surface area contributed by atoms with Gasteiger partial charge in [-0.25, -0.2) is 4.98 Å². The number of nitrogens with zero attached hydrogens (tertiary/aromatic N) is 2. The summed E-state index contributed by atoms with van der Waals surface area (Å²) in [5.41, 5.74) is 3.14. The summed E-state index contributed by atoms with van der Waals surface area (Å²) in [6.07, 6.45) is 0. The molecular weight excluding hydrogens is 452 g/mol. The van der Waals surface area contributed by atoms with Crippen molar-refractivity contribution in [2.24, 2.45) is 0 Å². The van der Waals surface area contributed by atoms with Crippen LogP contribution in [0, 0.1) is 20.8 Å². The highest BCUT2D eigenvalue weighted by Gasteiger charge is 2.49. The molecule has 1 N–H and O–H groups in total. The Kier molecular flexibility index (Phi) is 5.25. The molecule has 0 radical (unpaired) electrons. The summed E-state index contributed by atoms with van der Waals surface area (Å²) >= 11 is 1.33. The Labute approximate surface area is 199 Å². The van der Waals surface area contributed by atoms with E-state index in [1.54, 1.807) is 43.3 Å². The van der Waals surface area contributed by atoms with E-state index in [0.29, 0.717) is 28.0 Å². The molecule has 172 valence electrons. The van der Waals surface area contributed by atoms with Gasteiger partial charge in [0.1, 0.15) is 29.1 Å². The fourth-order valence-electron chi connectivity index (χ4n) is 4.29. The maximum Gasteiger partial charge on any atom is 0.302 e. The topological polar surface area (TPSA) is 92.9 Å². The monoisotopic (exact) mass is 474 g/mol. The predicted molar refractivity (Wildman–Crippen MR) is 130 cm³/mol. The number of rotatable bonds is 4. The van der Waals surface area contributed by atoms with Crippen molar-refractivity contribution in [3.05, 3.63) is 82.3 Å². The van der Waals surface area contributed by atoms with Crippen molar-refractivity contribution in [2.75, 3.05) is 12.0 Å². The van der Waals surface area contributed by atoms with E-state index in [9.17, 15) is 14.7 Å². The molecule has 34 heavy (non-hydrogen) atoms. The van der Waals surface area contributed by atoms with Gasteiger partial charge in [0.15, 0.2) is 5.13 Å². The Morgan fingerprint density at radius 2 is 1.91 bits per heavy atom. The van der Waals surface area contributed by atoms with Crippen LogP contribution in [0.2, 0.25) is 0 Å². The maximum atomic E-state index is 13.3. The average molecular weight is 475 g/mol. The van der Waals surface area contributed by atoms with Crippen LogP contribution in [0.5, 0.6) is 5.75 Å². The average Bonchev–Trinajstić information content (AvgIpc) is 3.50. The lowest BCUT2D eigenvalue weighted by Crippen LogP contribution is -2.29. The molecule has 8 heteroatoms. The highest BCUT2D eigenvalue weighted by molar-refractivity contribution is 7.22. The minimum Gasteiger partial charge on any atom is -0.507 e. The number of hydrogen-bond acceptors (Lipinski definition) is 7. The number of aliphatic hydroxyl groups excluding tert-OH is 1. The van der Waals surface area contributed by atoms with Crippen LogP contribution in [-0.2, 0) is 9.59 Å². The smallest absolute Gasteiger partial charge is 0.302 e. The van der Waals surface area contributed by atoms with Gasteiger partial charge in [-0.2, -0.15) is 0 Å². The summed E-state index contributed by atoms with van der Waals surface area (Å²) in [5, 5.41) is 11.6. The van der Waals surface area contributed by atoms with Crippen molar-refractivity contribution in [1.82, 2.24) is 4.98 Å². The highest BCUT2D eigenvalue weighted by atomic mass is 32.1. The van der Waals surface area contributed by atoms with Gasteiger partial charge >= 0.3 is 5.91 Å². The van der Waals surface area contributed by atoms with Gasteiger partial charge in [-0.3, -0.25) is 14.5 Å². The Morgan fingerprint density at radius 3 is 2.62 bits per heavy atom. The van der Waals surface area contributed by atoms with E-state index in [0.717, 1.165) is 21.3 Å². The third-order valence-electron chi connectivity index (χ3n) is 5.84. The van der Waals surface area contributed by atoms with Crippen LogP contribution in [0.4, 0.5) is 5.13 Å². The van der Waals surface area contributed by atoms with Gasteiger partial charge in [0.05, 0.1) is 22.9 Å². The molecule has 1 atom stereocenters. The molecular formula is C26H22N2O5S. The van der Waals surface area contributed by atoms with Gasteiger partial charge in [-0.1, -0.05) is 29.5 Å². The lowest BCUT2D eigenvalue weighted by Gasteiger charge is -2.20. The van der Waals surface area contributed by atoms with Crippen molar-refractivity contribution < 1.29 is 23.8 Å². The number of ketones is 1. The molecule has 0 spiro atoms. The number of benzene rings is 2. The maximum absolute atomic E-state index is 13.3. The van der Waals surface area contributed by atoms with Gasteiger partial charge < -0.3 is 14.3 Å². The number of aryl methyl sites for hydroxylation is 3. The van der Waals surface area contributed by atoms with Crippen LogP contribution in [0.25, 0.3) is 16.0 Å². The number of amides is 1. The number of thiazole rings is 1. The van der Waals surface area contributed by atoms with E-state index in [4.69, 9.17) is 14.1 Å². The van der Waals surface area contributed by atoms with E-state index in [1.165, 1.54) is 23.3 Å². The van der Waals surface area contributed by atoms with Gasteiger partial charge in [-0.15, -0.1) is 0 Å². The number of methoxy groups -OCH3 is 1. The first-order valence-corrected chi connectivity index (χ1v) is 11.5. The van der Waals surface area contributed by atoms with Gasteiger partial charge in [-0.05, 0) is 62.2 Å². The minimum atomic E-state index is -0.957. The lowest BCUT2D eigenvalue weighted by molar-refractivity contribution is -0.132. The van der Waals surface area contributed by atoms with Crippen LogP contribution >= 0.6 is 11.3 Å². The number of hydrogen-bond donors (Lipinski definition) is 1. The number of Topliss-reactive ketones (excluding diaryl/α,β-unsaturated/α-hetero) is 1. The summed E-state index contributed by atoms with van der Waals surface area (Å²) in [4.78, 5) is 32.6. The highest BCUT2D eigenvalue weighted by Crippen LogP contribution is 2.45. The molecule has 1 aliphatic heterocycles. The molecule has 0 aliphatic carbocycles. The Bertz CT molecular complexity index is 1500. The number of aliphatic hydroxyl groups is 1. The van der Waals surface area contributed by atoms with Crippen LogP contribution in [-0.4, -0.2) is 28.9 Å². The SMILES string of the molecule is COc1cccc(C(O)=C2C(=O)C(=O)N(c3nc4c(C)cc(C)cc4s3)[C@@H]2c2ccc(C)o2)c1. The summed E-state index contributed by atoms with van der Waals surface area (Å²) in [6.45, 7) is 5.74. The third kappa shape index (κ3) is 3.47. The number of ether oxygens (including phenoxy) is 1. The minimum absolute atomic E-state index is 0.0558. The predicted octanol–water partition coefficient (Wildman–Crippen LogP) is 5.45. The van der Waals surface area contributed by atoms with Crippen LogP contribution in [0.1, 0.15) is 34.3 Å². The van der Waals surface area contributed by atoms with Crippen molar-refractivity contribution in [1.29, 1.82) is 0 Å². The van der Waals surface area contributed by atoms with Gasteiger partial charge in [0.2, 0.25) is 0 Å². The van der Waals surface area contributed by atoms with E-state index in [1.807, 2.05) is 26.0 Å². The van der Waals surface area contributed by atoms with Crippen LogP contribution in [0.3, 0.4) is 0 Å². The molecule has 3 heterocycles. The molecule has 4 aromatic rings. The van der Waals surface area contributed by atoms with E-state index in [-0.39, 0.29) is 11.3 Å². The molecule has 0 saturated carbocycles. The Balaban J connectivity index is 1.73. The normalized spacial score (nSPS) is 17.6. The second-order valence-electron chi connectivity index (χ2n) is 8.27. The Morgan fingerprint density at radius 1 is 1.12 bits per heavy atom. The molecule has 1 aliphatic rings. The molecule has 1 amide bonds. The fourth-order valence-corrected chi connectivity index (χ4v) is 5.46. The largest absolute Gasteiger partial charge is 0.507 e. The summed E-state index contributed by atoms with van der Waals surface area (Å²) in [6, 6.07) is 13.2. The van der Waals surface area contributed by atoms with E-state index < -0.39 is 17.7 Å². The van der Waals surface area contributed by atoms with Crippen molar-refractivity contribution in [3.8, 4) is 5.75 Å². The zero-order chi connectivity index (χ0) is 24.1. The Hall–Kier alpha value is -3.91. The summed E-state index contributed by atoms with van der Waals surface area (Å²) in [5.74, 6) is -0.359. The van der Waals surface area contributed by atoms with Crippen molar-refractivity contribution >= 4 is 44.1 Å². The number of fused-ring (bicyclic) bond motifs is 1. The lowest BCUT2D eigenvalue weighted by atomic mass is 9.99. The number of aromatic nitrogens is 1. The number of furan rings is 1. The first-order valence-electron chi connectivity index (χ1n) is 10.7. The van der Waals surface area contributed by atoms with Gasteiger partial charge in [0.25, 0.3) is 5.78 Å². The van der Waals surface area contributed by atoms with Crippen molar-refractivity contribution in [2.45, 2.75) is 26.8 Å². The molecule has 0 bridgehead atoms. The van der Waals surface area contributed by atoms with Crippen LogP contribution < -0.4 is 9.64 Å². The molecule has 1 saturated heterocycles. The van der Waals surface area contributed by atoms with Crippen molar-refractivity contribution in [3.63, 3.8) is 0 Å². The molecule has 7 nitrogen and oxygen atoms in total. The number of anilines is 1. The fraction of sp³-hybridized carbons (Fsp3) is 0.192. The molecule has 2 aromatic heterocycles. The quantitative estimate of drug-likeness (QED) is 0.240. The van der Waals surface area contributed by atoms with Gasteiger partial charge in [0, 0.05) is 5.56 Å². The zero-order valence-electron chi connectivity index (χ0n) is 19.1. The van der Waals surface area contributed by atoms with Crippen LogP contribution in [0.15, 0.2) is 58.5 Å². The van der Waals surface area contributed by atoms with E-state index >= 15 is 0 Å².